The van der Waals surface area contributed by atoms with Gasteiger partial charge in [-0.2, -0.15) is 0 Å². The van der Waals surface area contributed by atoms with Gasteiger partial charge in [-0.05, 0) is 42.7 Å². The summed E-state index contributed by atoms with van der Waals surface area (Å²) in [5.41, 5.74) is 9.70. The molecule has 0 aliphatic heterocycles. The van der Waals surface area contributed by atoms with Crippen LogP contribution in [0.2, 0.25) is 0 Å². The Balaban J connectivity index is 1.99. The molecule has 2 aromatic rings. The van der Waals surface area contributed by atoms with E-state index in [1.165, 1.54) is 0 Å². The fourth-order valence-corrected chi connectivity index (χ4v) is 2.40. The van der Waals surface area contributed by atoms with Crippen LogP contribution in [0.1, 0.15) is 27.0 Å². The number of hydrogen-bond acceptors (Lipinski definition) is 3. The molecule has 126 valence electrons. The van der Waals surface area contributed by atoms with E-state index in [9.17, 15) is 9.59 Å². The van der Waals surface area contributed by atoms with E-state index in [2.05, 4.69) is 5.32 Å². The van der Waals surface area contributed by atoms with Gasteiger partial charge in [-0.15, -0.1) is 0 Å². The molecule has 0 unspecified atom stereocenters. The molecular formula is C19H23N3O2. The Hall–Kier alpha value is -2.82. The molecule has 0 saturated heterocycles. The zero-order valence-electron chi connectivity index (χ0n) is 14.3. The van der Waals surface area contributed by atoms with Gasteiger partial charge in [-0.3, -0.25) is 9.59 Å². The van der Waals surface area contributed by atoms with Crippen molar-refractivity contribution in [3.05, 3.63) is 64.7 Å². The van der Waals surface area contributed by atoms with E-state index in [1.54, 1.807) is 24.1 Å². The molecule has 0 spiro atoms. The lowest BCUT2D eigenvalue weighted by Gasteiger charge is -2.19. The number of nitrogens with two attached hydrogens (primary N) is 1. The van der Waals surface area contributed by atoms with Gasteiger partial charge in [-0.25, -0.2) is 0 Å². The van der Waals surface area contributed by atoms with Crippen LogP contribution >= 0.6 is 0 Å². The number of likely N-dealkylation sites (N-methyl/N-ethyl adjacent to an activating group) is 1. The van der Waals surface area contributed by atoms with E-state index in [4.69, 9.17) is 5.73 Å². The normalized spacial score (nSPS) is 10.3. The van der Waals surface area contributed by atoms with Crippen molar-refractivity contribution in [1.29, 1.82) is 0 Å². The van der Waals surface area contributed by atoms with Gasteiger partial charge in [0.05, 0.1) is 6.54 Å². The molecule has 0 aliphatic carbocycles. The Morgan fingerprint density at radius 1 is 1.08 bits per heavy atom. The SMILES string of the molecule is Cc1ccccc1CN(C)C(=O)CNc1cc(C(N)=O)ccc1C. The van der Waals surface area contributed by atoms with Crippen LogP contribution in [0.25, 0.3) is 0 Å². The smallest absolute Gasteiger partial charge is 0.248 e. The Morgan fingerprint density at radius 2 is 1.79 bits per heavy atom. The van der Waals surface area contributed by atoms with Gasteiger partial charge in [0.1, 0.15) is 0 Å². The molecule has 0 saturated carbocycles. The van der Waals surface area contributed by atoms with Gasteiger partial charge in [-0.1, -0.05) is 30.3 Å². The number of hydrogen-bond donors (Lipinski definition) is 2. The molecule has 0 aromatic heterocycles. The van der Waals surface area contributed by atoms with Crippen molar-refractivity contribution in [2.75, 3.05) is 18.9 Å². The van der Waals surface area contributed by atoms with Crippen LogP contribution < -0.4 is 11.1 Å². The van der Waals surface area contributed by atoms with Gasteiger partial charge >= 0.3 is 0 Å². The fourth-order valence-electron chi connectivity index (χ4n) is 2.40. The number of benzene rings is 2. The quantitative estimate of drug-likeness (QED) is 0.857. The number of nitrogens with zero attached hydrogens (tertiary/aromatic N) is 1. The third-order valence-corrected chi connectivity index (χ3v) is 4.05. The summed E-state index contributed by atoms with van der Waals surface area (Å²) in [5.74, 6) is -0.511. The summed E-state index contributed by atoms with van der Waals surface area (Å²) >= 11 is 0. The van der Waals surface area contributed by atoms with Crippen molar-refractivity contribution in [1.82, 2.24) is 4.90 Å². The van der Waals surface area contributed by atoms with Crippen LogP contribution in [-0.2, 0) is 11.3 Å². The van der Waals surface area contributed by atoms with Gasteiger partial charge in [0, 0.05) is 24.8 Å². The Kier molecular flexibility index (Phi) is 5.58. The van der Waals surface area contributed by atoms with Crippen LogP contribution in [0.15, 0.2) is 42.5 Å². The summed E-state index contributed by atoms with van der Waals surface area (Å²) in [6, 6.07) is 13.2. The van der Waals surface area contributed by atoms with Gasteiger partial charge in [0.15, 0.2) is 0 Å². The summed E-state index contributed by atoms with van der Waals surface area (Å²) in [6.07, 6.45) is 0. The van der Waals surface area contributed by atoms with E-state index in [0.29, 0.717) is 12.1 Å². The Bertz CT molecular complexity index is 756. The monoisotopic (exact) mass is 325 g/mol. The second kappa shape index (κ2) is 7.64. The minimum atomic E-state index is -0.485. The highest BCUT2D eigenvalue weighted by atomic mass is 16.2. The fraction of sp³-hybridized carbons (Fsp3) is 0.263. The lowest BCUT2D eigenvalue weighted by Crippen LogP contribution is -2.32. The molecule has 0 bridgehead atoms. The summed E-state index contributed by atoms with van der Waals surface area (Å²) in [5, 5.41) is 3.09. The first-order valence-corrected chi connectivity index (χ1v) is 7.81. The number of carbonyl (C=O) groups is 2. The molecule has 2 amide bonds. The minimum Gasteiger partial charge on any atom is -0.376 e. The highest BCUT2D eigenvalue weighted by molar-refractivity contribution is 5.94. The first-order chi connectivity index (χ1) is 11.4. The summed E-state index contributed by atoms with van der Waals surface area (Å²) < 4.78 is 0. The molecule has 0 radical (unpaired) electrons. The van der Waals surface area contributed by atoms with E-state index in [0.717, 1.165) is 22.4 Å². The predicted molar refractivity (Wildman–Crippen MR) is 95.8 cm³/mol. The maximum atomic E-state index is 12.3. The van der Waals surface area contributed by atoms with Crippen LogP contribution in [0.4, 0.5) is 5.69 Å². The van der Waals surface area contributed by atoms with Crippen molar-refractivity contribution >= 4 is 17.5 Å². The van der Waals surface area contributed by atoms with E-state index < -0.39 is 5.91 Å². The number of anilines is 1. The van der Waals surface area contributed by atoms with Crippen molar-refractivity contribution in [2.24, 2.45) is 5.73 Å². The highest BCUT2D eigenvalue weighted by Gasteiger charge is 2.11. The molecule has 0 atom stereocenters. The average molecular weight is 325 g/mol. The molecular weight excluding hydrogens is 302 g/mol. The maximum absolute atomic E-state index is 12.3. The lowest BCUT2D eigenvalue weighted by atomic mass is 10.1. The van der Waals surface area contributed by atoms with Gasteiger partial charge < -0.3 is 16.0 Å². The van der Waals surface area contributed by atoms with Crippen LogP contribution in [0, 0.1) is 13.8 Å². The topological polar surface area (TPSA) is 75.4 Å². The van der Waals surface area contributed by atoms with Crippen molar-refractivity contribution < 1.29 is 9.59 Å². The van der Waals surface area contributed by atoms with Crippen molar-refractivity contribution in [2.45, 2.75) is 20.4 Å². The van der Waals surface area contributed by atoms with Crippen LogP contribution in [0.3, 0.4) is 0 Å². The number of aryl methyl sites for hydroxylation is 2. The van der Waals surface area contributed by atoms with Gasteiger partial charge in [0.2, 0.25) is 11.8 Å². The highest BCUT2D eigenvalue weighted by Crippen LogP contribution is 2.17. The summed E-state index contributed by atoms with van der Waals surface area (Å²) in [6.45, 7) is 4.66. The molecule has 2 rings (SSSR count). The molecule has 5 heteroatoms. The van der Waals surface area contributed by atoms with Crippen LogP contribution in [0.5, 0.6) is 0 Å². The molecule has 2 aromatic carbocycles. The molecule has 0 heterocycles. The van der Waals surface area contributed by atoms with Crippen LogP contribution in [-0.4, -0.2) is 30.3 Å². The zero-order chi connectivity index (χ0) is 17.7. The molecule has 0 fully saturated rings. The first-order valence-electron chi connectivity index (χ1n) is 7.81. The third kappa shape index (κ3) is 4.35. The summed E-state index contributed by atoms with van der Waals surface area (Å²) in [4.78, 5) is 25.3. The number of nitrogens with one attached hydrogen (secondary N) is 1. The Morgan fingerprint density at radius 3 is 2.46 bits per heavy atom. The predicted octanol–water partition coefficient (Wildman–Crippen LogP) is 2.47. The molecule has 5 nitrogen and oxygen atoms in total. The lowest BCUT2D eigenvalue weighted by molar-refractivity contribution is -0.128. The summed E-state index contributed by atoms with van der Waals surface area (Å²) in [7, 11) is 1.78. The first kappa shape index (κ1) is 17.5. The largest absolute Gasteiger partial charge is 0.376 e. The molecule has 24 heavy (non-hydrogen) atoms. The zero-order valence-corrected chi connectivity index (χ0v) is 14.3. The maximum Gasteiger partial charge on any atom is 0.248 e. The number of primary amides is 1. The number of rotatable bonds is 6. The van der Waals surface area contributed by atoms with E-state index in [1.807, 2.05) is 44.2 Å². The minimum absolute atomic E-state index is 0.0258. The second-order valence-corrected chi connectivity index (χ2v) is 5.92. The second-order valence-electron chi connectivity index (χ2n) is 5.92. The van der Waals surface area contributed by atoms with Gasteiger partial charge in [0.25, 0.3) is 0 Å². The van der Waals surface area contributed by atoms with Crippen molar-refractivity contribution in [3.63, 3.8) is 0 Å². The standard InChI is InChI=1S/C19H23N3O2/c1-13-6-4-5-7-16(13)12-22(3)18(23)11-21-17-10-15(19(20)24)9-8-14(17)2/h4-10,21H,11-12H2,1-3H3,(H2,20,24). The number of amides is 2. The third-order valence-electron chi connectivity index (χ3n) is 4.05. The average Bonchev–Trinajstić information content (AvgIpc) is 2.55. The van der Waals surface area contributed by atoms with E-state index >= 15 is 0 Å². The Labute approximate surface area is 142 Å². The number of carbonyl (C=O) groups excluding carboxylic acids is 2. The molecule has 0 aliphatic rings. The molecule has 3 N–H and O–H groups in total. The van der Waals surface area contributed by atoms with Crippen molar-refractivity contribution in [3.8, 4) is 0 Å². The van der Waals surface area contributed by atoms with E-state index in [-0.39, 0.29) is 12.5 Å².